The Morgan fingerprint density at radius 1 is 1.15 bits per heavy atom. The highest BCUT2D eigenvalue weighted by Gasteiger charge is 2.43. The fourth-order valence-corrected chi connectivity index (χ4v) is 3.57. The Kier molecular flexibility index (Phi) is 5.15. The summed E-state index contributed by atoms with van der Waals surface area (Å²) in [6.45, 7) is 5.40. The maximum Gasteiger partial charge on any atom is 0.260 e. The molecule has 7 nitrogen and oxygen atoms in total. The molecular weight excluding hydrogens is 334 g/mol. The zero-order chi connectivity index (χ0) is 18.8. The van der Waals surface area contributed by atoms with Gasteiger partial charge >= 0.3 is 0 Å². The van der Waals surface area contributed by atoms with Crippen LogP contribution in [0.5, 0.6) is 5.75 Å². The average Bonchev–Trinajstić information content (AvgIpc) is 2.91. The molecule has 0 radical (unpaired) electrons. The molecule has 0 spiro atoms. The first kappa shape index (κ1) is 18.2. The van der Waals surface area contributed by atoms with Crippen LogP contribution in [0.25, 0.3) is 0 Å². The Bertz CT molecular complexity index is 707. The van der Waals surface area contributed by atoms with Gasteiger partial charge in [-0.25, -0.2) is 0 Å². The van der Waals surface area contributed by atoms with Crippen LogP contribution in [-0.4, -0.2) is 66.9 Å². The van der Waals surface area contributed by atoms with Crippen molar-refractivity contribution in [2.75, 3.05) is 33.3 Å². The highest BCUT2D eigenvalue weighted by Crippen LogP contribution is 2.25. The van der Waals surface area contributed by atoms with E-state index >= 15 is 0 Å². The number of ether oxygens (including phenoxy) is 1. The molecule has 2 heterocycles. The molecule has 2 aliphatic rings. The summed E-state index contributed by atoms with van der Waals surface area (Å²) in [6, 6.07) is 5.86. The van der Waals surface area contributed by atoms with E-state index in [0.29, 0.717) is 25.4 Å². The minimum Gasteiger partial charge on any atom is -0.484 e. The van der Waals surface area contributed by atoms with E-state index in [2.05, 4.69) is 5.32 Å². The minimum absolute atomic E-state index is 0.00215. The quantitative estimate of drug-likeness (QED) is 0.830. The summed E-state index contributed by atoms with van der Waals surface area (Å²) < 4.78 is 5.61. The maximum atomic E-state index is 12.3. The molecule has 7 heteroatoms. The van der Waals surface area contributed by atoms with E-state index in [0.717, 1.165) is 11.1 Å². The van der Waals surface area contributed by atoms with Gasteiger partial charge in [0.1, 0.15) is 5.75 Å². The van der Waals surface area contributed by atoms with E-state index in [9.17, 15) is 14.4 Å². The highest BCUT2D eigenvalue weighted by atomic mass is 16.5. The van der Waals surface area contributed by atoms with Gasteiger partial charge in [-0.05, 0) is 37.1 Å². The second-order valence-electron chi connectivity index (χ2n) is 7.13. The van der Waals surface area contributed by atoms with E-state index in [1.807, 2.05) is 32.0 Å². The van der Waals surface area contributed by atoms with E-state index in [1.165, 1.54) is 0 Å². The zero-order valence-electron chi connectivity index (χ0n) is 15.4. The molecule has 2 fully saturated rings. The summed E-state index contributed by atoms with van der Waals surface area (Å²) >= 11 is 0. The third-order valence-corrected chi connectivity index (χ3v) is 4.99. The van der Waals surface area contributed by atoms with Gasteiger partial charge in [0.15, 0.2) is 6.61 Å². The van der Waals surface area contributed by atoms with Crippen molar-refractivity contribution in [1.82, 2.24) is 15.1 Å². The van der Waals surface area contributed by atoms with Crippen molar-refractivity contribution in [3.63, 3.8) is 0 Å². The van der Waals surface area contributed by atoms with Gasteiger partial charge in [-0.3, -0.25) is 14.4 Å². The topological polar surface area (TPSA) is 79.0 Å². The average molecular weight is 359 g/mol. The van der Waals surface area contributed by atoms with E-state index in [4.69, 9.17) is 4.74 Å². The Morgan fingerprint density at radius 2 is 1.81 bits per heavy atom. The van der Waals surface area contributed by atoms with Crippen LogP contribution >= 0.6 is 0 Å². The van der Waals surface area contributed by atoms with Gasteiger partial charge < -0.3 is 19.9 Å². The van der Waals surface area contributed by atoms with Gasteiger partial charge in [0.25, 0.3) is 5.91 Å². The largest absolute Gasteiger partial charge is 0.484 e. The molecule has 26 heavy (non-hydrogen) atoms. The first-order valence-electron chi connectivity index (χ1n) is 8.87. The molecule has 0 bridgehead atoms. The van der Waals surface area contributed by atoms with Gasteiger partial charge in [0.05, 0.1) is 12.0 Å². The van der Waals surface area contributed by atoms with Crippen LogP contribution in [0, 0.1) is 19.8 Å². The lowest BCUT2D eigenvalue weighted by atomic mass is 10.1. The maximum absolute atomic E-state index is 12.3. The van der Waals surface area contributed by atoms with Crippen LogP contribution in [-0.2, 0) is 14.4 Å². The third kappa shape index (κ3) is 3.81. The number of carbonyl (C=O) groups excluding carboxylic acids is 3. The molecule has 140 valence electrons. The van der Waals surface area contributed by atoms with Crippen molar-refractivity contribution in [3.05, 3.63) is 29.3 Å². The normalized spacial score (nSPS) is 20.1. The van der Waals surface area contributed by atoms with Gasteiger partial charge in [0.2, 0.25) is 11.8 Å². The molecule has 1 atom stereocenters. The van der Waals surface area contributed by atoms with E-state index in [1.54, 1.807) is 16.8 Å². The number of likely N-dealkylation sites (tertiary alicyclic amines) is 2. The van der Waals surface area contributed by atoms with Crippen molar-refractivity contribution >= 4 is 17.7 Å². The molecule has 0 saturated carbocycles. The fourth-order valence-electron chi connectivity index (χ4n) is 3.57. The smallest absolute Gasteiger partial charge is 0.260 e. The summed E-state index contributed by atoms with van der Waals surface area (Å²) in [6.07, 6.45) is 0.250. The van der Waals surface area contributed by atoms with Crippen LogP contribution in [0.3, 0.4) is 0 Å². The molecule has 1 N–H and O–H groups in total. The Balaban J connectivity index is 1.46. The molecule has 1 unspecified atom stereocenters. The number of aryl methyl sites for hydroxylation is 2. The van der Waals surface area contributed by atoms with E-state index < -0.39 is 0 Å². The lowest BCUT2D eigenvalue weighted by Crippen LogP contribution is -2.62. The number of hydrogen-bond donors (Lipinski definition) is 1. The van der Waals surface area contributed by atoms with Gasteiger partial charge in [-0.1, -0.05) is 6.07 Å². The van der Waals surface area contributed by atoms with Crippen molar-refractivity contribution in [3.8, 4) is 5.75 Å². The van der Waals surface area contributed by atoms with Gasteiger partial charge in [-0.2, -0.15) is 0 Å². The number of nitrogens with zero attached hydrogens (tertiary/aromatic N) is 2. The first-order valence-corrected chi connectivity index (χ1v) is 8.87. The fraction of sp³-hybridized carbons (Fsp3) is 0.526. The van der Waals surface area contributed by atoms with Crippen LogP contribution < -0.4 is 10.1 Å². The molecular formula is C19H25N3O4. The summed E-state index contributed by atoms with van der Waals surface area (Å²) in [4.78, 5) is 39.5. The lowest BCUT2D eigenvalue weighted by Gasteiger charge is -2.43. The second-order valence-corrected chi connectivity index (χ2v) is 7.13. The molecule has 1 aromatic carbocycles. The zero-order valence-corrected chi connectivity index (χ0v) is 15.4. The molecule has 3 amide bonds. The standard InChI is InChI=1S/C19H25N3O4/c1-12-4-13(2)6-16(5-12)26-11-18(24)21-9-15(10-21)22-8-14(7-17(22)23)19(25)20-3/h4-6,14-15H,7-11H2,1-3H3,(H,20,25). The van der Waals surface area contributed by atoms with Crippen molar-refractivity contribution < 1.29 is 19.1 Å². The second kappa shape index (κ2) is 7.35. The highest BCUT2D eigenvalue weighted by molar-refractivity contribution is 5.89. The molecule has 2 saturated heterocycles. The molecule has 1 aromatic rings. The van der Waals surface area contributed by atoms with Crippen molar-refractivity contribution in [2.45, 2.75) is 26.3 Å². The monoisotopic (exact) mass is 359 g/mol. The van der Waals surface area contributed by atoms with Gasteiger partial charge in [-0.15, -0.1) is 0 Å². The summed E-state index contributed by atoms with van der Waals surface area (Å²) in [5, 5.41) is 2.59. The first-order chi connectivity index (χ1) is 12.4. The molecule has 2 aliphatic heterocycles. The SMILES string of the molecule is CNC(=O)C1CC(=O)N(C2CN(C(=O)COc3cc(C)cc(C)c3)C2)C1. The minimum atomic E-state index is -0.287. The van der Waals surface area contributed by atoms with Crippen LogP contribution in [0.15, 0.2) is 18.2 Å². The molecule has 0 aromatic heterocycles. The summed E-state index contributed by atoms with van der Waals surface area (Å²) in [5.74, 6) is 0.202. The lowest BCUT2D eigenvalue weighted by molar-refractivity contribution is -0.145. The predicted octanol–water partition coefficient (Wildman–Crippen LogP) is 0.488. The third-order valence-electron chi connectivity index (χ3n) is 4.99. The van der Waals surface area contributed by atoms with Crippen LogP contribution in [0.1, 0.15) is 17.5 Å². The molecule has 0 aliphatic carbocycles. The molecule has 3 rings (SSSR count). The van der Waals surface area contributed by atoms with Gasteiger partial charge in [0, 0.05) is 33.1 Å². The number of benzene rings is 1. The van der Waals surface area contributed by atoms with Crippen LogP contribution in [0.4, 0.5) is 0 Å². The summed E-state index contributed by atoms with van der Waals surface area (Å²) in [5.41, 5.74) is 2.18. The number of nitrogens with one attached hydrogen (secondary N) is 1. The van der Waals surface area contributed by atoms with Crippen molar-refractivity contribution in [1.29, 1.82) is 0 Å². The number of hydrogen-bond acceptors (Lipinski definition) is 4. The number of carbonyl (C=O) groups is 3. The van der Waals surface area contributed by atoms with E-state index in [-0.39, 0.29) is 42.7 Å². The predicted molar refractivity (Wildman–Crippen MR) is 95.7 cm³/mol. The Hall–Kier alpha value is -2.57. The van der Waals surface area contributed by atoms with Crippen LogP contribution in [0.2, 0.25) is 0 Å². The van der Waals surface area contributed by atoms with Crippen molar-refractivity contribution in [2.24, 2.45) is 5.92 Å². The number of rotatable bonds is 5. The Morgan fingerprint density at radius 3 is 2.42 bits per heavy atom. The number of amides is 3. The summed E-state index contributed by atoms with van der Waals surface area (Å²) in [7, 11) is 1.58. The Labute approximate surface area is 153 Å².